The minimum Gasteiger partial charge on any atom is -0.382 e. The molecular weight excluding hydrogens is 184 g/mol. The molecule has 0 radical (unpaired) electrons. The van der Waals surface area contributed by atoms with Crippen LogP contribution in [0.5, 0.6) is 0 Å². The molecule has 1 aliphatic rings. The Labute approximate surface area is 83.3 Å². The number of aromatic nitrogens is 1. The lowest BCUT2D eigenvalue weighted by atomic mass is 9.85. The van der Waals surface area contributed by atoms with Gasteiger partial charge < -0.3 is 5.32 Å². The summed E-state index contributed by atoms with van der Waals surface area (Å²) in [5.41, 5.74) is 0.955. The van der Waals surface area contributed by atoms with Crippen LogP contribution in [0.1, 0.15) is 19.3 Å². The Morgan fingerprint density at radius 3 is 3.00 bits per heavy atom. The van der Waals surface area contributed by atoms with Crippen molar-refractivity contribution in [2.45, 2.75) is 19.3 Å². The monoisotopic (exact) mass is 196 g/mol. The van der Waals surface area contributed by atoms with Gasteiger partial charge in [0.15, 0.2) is 0 Å². The van der Waals surface area contributed by atoms with E-state index in [-0.39, 0.29) is 0 Å². The highest BCUT2D eigenvalue weighted by molar-refractivity contribution is 6.33. The van der Waals surface area contributed by atoms with Gasteiger partial charge in [0.05, 0.1) is 16.9 Å². The summed E-state index contributed by atoms with van der Waals surface area (Å²) in [5, 5.41) is 4.08. The molecule has 13 heavy (non-hydrogen) atoms. The first-order valence-corrected chi connectivity index (χ1v) is 5.07. The van der Waals surface area contributed by atoms with E-state index in [0.29, 0.717) is 0 Å². The zero-order valence-corrected chi connectivity index (χ0v) is 8.22. The normalized spacial score (nSPS) is 16.7. The standard InChI is InChI=1S/C10H13ClN2/c11-9-4-5-12-7-10(9)13-6-8-2-1-3-8/h4-5,7-8,13H,1-3,6H2. The van der Waals surface area contributed by atoms with Gasteiger partial charge in [0, 0.05) is 12.7 Å². The van der Waals surface area contributed by atoms with Crippen LogP contribution in [-0.4, -0.2) is 11.5 Å². The predicted molar refractivity (Wildman–Crippen MR) is 55.1 cm³/mol. The zero-order chi connectivity index (χ0) is 9.10. The molecule has 2 nitrogen and oxygen atoms in total. The third-order valence-electron chi connectivity index (χ3n) is 2.57. The molecule has 0 saturated heterocycles. The average Bonchev–Trinajstić information content (AvgIpc) is 2.05. The van der Waals surface area contributed by atoms with E-state index >= 15 is 0 Å². The van der Waals surface area contributed by atoms with Gasteiger partial charge in [-0.2, -0.15) is 0 Å². The second-order valence-electron chi connectivity index (χ2n) is 3.53. The number of nitrogens with one attached hydrogen (secondary N) is 1. The molecule has 3 heteroatoms. The molecule has 1 aromatic heterocycles. The molecule has 0 bridgehead atoms. The van der Waals surface area contributed by atoms with Gasteiger partial charge in [0.2, 0.25) is 0 Å². The number of hydrogen-bond donors (Lipinski definition) is 1. The van der Waals surface area contributed by atoms with E-state index in [0.717, 1.165) is 23.2 Å². The van der Waals surface area contributed by atoms with Crippen molar-refractivity contribution in [3.8, 4) is 0 Å². The molecule has 0 unspecified atom stereocenters. The maximum absolute atomic E-state index is 5.97. The maximum Gasteiger partial charge on any atom is 0.0716 e. The Morgan fingerprint density at radius 1 is 1.54 bits per heavy atom. The van der Waals surface area contributed by atoms with Crippen molar-refractivity contribution in [1.82, 2.24) is 4.98 Å². The summed E-state index contributed by atoms with van der Waals surface area (Å²) in [6, 6.07) is 1.81. The summed E-state index contributed by atoms with van der Waals surface area (Å²) in [5.74, 6) is 0.844. The van der Waals surface area contributed by atoms with E-state index in [9.17, 15) is 0 Å². The summed E-state index contributed by atoms with van der Waals surface area (Å²) in [6.07, 6.45) is 7.57. The molecule has 1 fully saturated rings. The van der Waals surface area contributed by atoms with E-state index in [1.807, 2.05) is 6.07 Å². The van der Waals surface area contributed by atoms with Gasteiger partial charge >= 0.3 is 0 Å². The van der Waals surface area contributed by atoms with E-state index in [1.54, 1.807) is 12.4 Å². The quantitative estimate of drug-likeness (QED) is 0.804. The van der Waals surface area contributed by atoms with Gasteiger partial charge in [0.1, 0.15) is 0 Å². The van der Waals surface area contributed by atoms with Crippen LogP contribution in [0.2, 0.25) is 5.02 Å². The molecule has 2 rings (SSSR count). The van der Waals surface area contributed by atoms with Crippen molar-refractivity contribution in [3.05, 3.63) is 23.5 Å². The summed E-state index contributed by atoms with van der Waals surface area (Å²) >= 11 is 5.97. The van der Waals surface area contributed by atoms with Gasteiger partial charge in [-0.3, -0.25) is 4.98 Å². The van der Waals surface area contributed by atoms with Crippen molar-refractivity contribution in [1.29, 1.82) is 0 Å². The van der Waals surface area contributed by atoms with Crippen molar-refractivity contribution in [3.63, 3.8) is 0 Å². The van der Waals surface area contributed by atoms with E-state index in [1.165, 1.54) is 19.3 Å². The Hall–Kier alpha value is -0.760. The lowest BCUT2D eigenvalue weighted by Crippen LogP contribution is -2.20. The van der Waals surface area contributed by atoms with Crippen LogP contribution in [0.4, 0.5) is 5.69 Å². The molecule has 0 aromatic carbocycles. The van der Waals surface area contributed by atoms with Crippen LogP contribution < -0.4 is 5.32 Å². The highest BCUT2D eigenvalue weighted by Gasteiger charge is 2.16. The predicted octanol–water partition coefficient (Wildman–Crippen LogP) is 2.95. The number of nitrogens with zero attached hydrogens (tertiary/aromatic N) is 1. The molecule has 0 atom stereocenters. The van der Waals surface area contributed by atoms with E-state index in [2.05, 4.69) is 10.3 Å². The smallest absolute Gasteiger partial charge is 0.0716 e. The second kappa shape index (κ2) is 3.97. The minimum absolute atomic E-state index is 0.759. The molecule has 0 spiro atoms. The molecule has 1 aromatic rings. The average molecular weight is 197 g/mol. The highest BCUT2D eigenvalue weighted by Crippen LogP contribution is 2.27. The van der Waals surface area contributed by atoms with E-state index < -0.39 is 0 Å². The van der Waals surface area contributed by atoms with Crippen molar-refractivity contribution in [2.75, 3.05) is 11.9 Å². The number of rotatable bonds is 3. The molecule has 1 heterocycles. The summed E-state index contributed by atoms with van der Waals surface area (Å²) < 4.78 is 0. The molecule has 0 amide bonds. The van der Waals surface area contributed by atoms with E-state index in [4.69, 9.17) is 11.6 Å². The molecular formula is C10H13ClN2. The maximum atomic E-state index is 5.97. The van der Waals surface area contributed by atoms with Crippen LogP contribution in [0.25, 0.3) is 0 Å². The number of pyridine rings is 1. The van der Waals surface area contributed by atoms with Crippen molar-refractivity contribution >= 4 is 17.3 Å². The molecule has 1 saturated carbocycles. The summed E-state index contributed by atoms with van der Waals surface area (Å²) in [4.78, 5) is 4.02. The first-order valence-electron chi connectivity index (χ1n) is 4.69. The SMILES string of the molecule is Clc1ccncc1NCC1CCC1. The fraction of sp³-hybridized carbons (Fsp3) is 0.500. The Morgan fingerprint density at radius 2 is 2.38 bits per heavy atom. The lowest BCUT2D eigenvalue weighted by Gasteiger charge is -2.25. The zero-order valence-electron chi connectivity index (χ0n) is 7.46. The molecule has 70 valence electrons. The van der Waals surface area contributed by atoms with Gasteiger partial charge in [-0.05, 0) is 24.8 Å². The summed E-state index contributed by atoms with van der Waals surface area (Å²) in [6.45, 7) is 1.03. The van der Waals surface area contributed by atoms with Gasteiger partial charge in [-0.1, -0.05) is 18.0 Å². The highest BCUT2D eigenvalue weighted by atomic mass is 35.5. The second-order valence-corrected chi connectivity index (χ2v) is 3.94. The third-order valence-corrected chi connectivity index (χ3v) is 2.90. The van der Waals surface area contributed by atoms with Crippen LogP contribution >= 0.6 is 11.6 Å². The lowest BCUT2D eigenvalue weighted by molar-refractivity contribution is 0.333. The Bertz CT molecular complexity index is 284. The molecule has 1 aliphatic carbocycles. The molecule has 0 aliphatic heterocycles. The van der Waals surface area contributed by atoms with Gasteiger partial charge in [-0.15, -0.1) is 0 Å². The number of hydrogen-bond acceptors (Lipinski definition) is 2. The number of anilines is 1. The Balaban J connectivity index is 1.89. The van der Waals surface area contributed by atoms with Crippen molar-refractivity contribution < 1.29 is 0 Å². The Kier molecular flexibility index (Phi) is 2.69. The number of halogens is 1. The largest absolute Gasteiger partial charge is 0.382 e. The van der Waals surface area contributed by atoms with Crippen LogP contribution in [0, 0.1) is 5.92 Å². The fourth-order valence-electron chi connectivity index (χ4n) is 1.46. The fourth-order valence-corrected chi connectivity index (χ4v) is 1.63. The van der Waals surface area contributed by atoms with Gasteiger partial charge in [-0.25, -0.2) is 0 Å². The van der Waals surface area contributed by atoms with Crippen LogP contribution in [0.3, 0.4) is 0 Å². The van der Waals surface area contributed by atoms with Crippen LogP contribution in [0.15, 0.2) is 18.5 Å². The molecule has 1 N–H and O–H groups in total. The van der Waals surface area contributed by atoms with Gasteiger partial charge in [0.25, 0.3) is 0 Å². The third kappa shape index (κ3) is 2.13. The topological polar surface area (TPSA) is 24.9 Å². The van der Waals surface area contributed by atoms with Crippen molar-refractivity contribution in [2.24, 2.45) is 5.92 Å². The first-order chi connectivity index (χ1) is 6.36. The minimum atomic E-state index is 0.759. The van der Waals surface area contributed by atoms with Crippen LogP contribution in [-0.2, 0) is 0 Å². The first kappa shape index (κ1) is 8.82. The summed E-state index contributed by atoms with van der Waals surface area (Å²) in [7, 11) is 0.